The highest BCUT2D eigenvalue weighted by Crippen LogP contribution is 2.29. The van der Waals surface area contributed by atoms with Gasteiger partial charge in [-0.1, -0.05) is 15.9 Å². The molecule has 0 aromatic heterocycles. The van der Waals surface area contributed by atoms with E-state index in [2.05, 4.69) is 15.9 Å². The average molecular weight is 327 g/mol. The van der Waals surface area contributed by atoms with Gasteiger partial charge in [-0.15, -0.1) is 0 Å². The van der Waals surface area contributed by atoms with Crippen molar-refractivity contribution in [3.8, 4) is 5.75 Å². The summed E-state index contributed by atoms with van der Waals surface area (Å²) in [6, 6.07) is 5.54. The molecule has 0 amide bonds. The summed E-state index contributed by atoms with van der Waals surface area (Å²) in [5.74, 6) is 0.699. The summed E-state index contributed by atoms with van der Waals surface area (Å²) >= 11 is 3.42. The zero-order valence-electron chi connectivity index (χ0n) is 11.3. The highest BCUT2D eigenvalue weighted by atomic mass is 79.9. The van der Waals surface area contributed by atoms with E-state index < -0.39 is 0 Å². The number of Topliss-reactive ketones (excluding diaryl/α,β-unsaturated/α-hetero) is 1. The Morgan fingerprint density at radius 1 is 1.32 bits per heavy atom. The number of ether oxygens (including phenoxy) is 2. The normalized spacial score (nSPS) is 23.1. The van der Waals surface area contributed by atoms with Gasteiger partial charge in [0.1, 0.15) is 11.9 Å². The summed E-state index contributed by atoms with van der Waals surface area (Å²) in [4.78, 5) is 11.6. The zero-order chi connectivity index (χ0) is 13.8. The van der Waals surface area contributed by atoms with Crippen molar-refractivity contribution in [1.82, 2.24) is 0 Å². The molecular weight excluding hydrogens is 308 g/mol. The van der Waals surface area contributed by atoms with E-state index in [4.69, 9.17) is 9.47 Å². The second-order valence-corrected chi connectivity index (χ2v) is 5.88. The summed E-state index contributed by atoms with van der Waals surface area (Å²) in [7, 11) is 1.74. The van der Waals surface area contributed by atoms with Crippen molar-refractivity contribution < 1.29 is 14.3 Å². The Morgan fingerprint density at radius 3 is 2.74 bits per heavy atom. The SMILES string of the molecule is COC1CCCC(Oc2cc(Br)ccc2C(C)=O)C1. The van der Waals surface area contributed by atoms with Crippen LogP contribution < -0.4 is 4.74 Å². The lowest BCUT2D eigenvalue weighted by Gasteiger charge is -2.29. The molecule has 0 saturated heterocycles. The largest absolute Gasteiger partial charge is 0.490 e. The predicted octanol–water partition coefficient (Wildman–Crippen LogP) is 3.99. The maximum Gasteiger partial charge on any atom is 0.163 e. The van der Waals surface area contributed by atoms with Crippen LogP contribution in [0.1, 0.15) is 43.0 Å². The van der Waals surface area contributed by atoms with Crippen LogP contribution in [0, 0.1) is 0 Å². The Kier molecular flexibility index (Phi) is 4.99. The Hall–Kier alpha value is -0.870. The molecule has 0 heterocycles. The van der Waals surface area contributed by atoms with Crippen molar-refractivity contribution in [2.75, 3.05) is 7.11 Å². The summed E-state index contributed by atoms with van der Waals surface area (Å²) in [6.45, 7) is 1.56. The number of hydrogen-bond acceptors (Lipinski definition) is 3. The van der Waals surface area contributed by atoms with Crippen molar-refractivity contribution in [3.05, 3.63) is 28.2 Å². The molecule has 3 nitrogen and oxygen atoms in total. The summed E-state index contributed by atoms with van der Waals surface area (Å²) < 4.78 is 12.4. The van der Waals surface area contributed by atoms with Gasteiger partial charge in [-0.3, -0.25) is 4.79 Å². The molecule has 1 aliphatic carbocycles. The number of benzene rings is 1. The molecule has 0 spiro atoms. The van der Waals surface area contributed by atoms with Crippen LogP contribution in [0.3, 0.4) is 0 Å². The summed E-state index contributed by atoms with van der Waals surface area (Å²) in [6.07, 6.45) is 4.50. The number of halogens is 1. The van der Waals surface area contributed by atoms with E-state index >= 15 is 0 Å². The molecule has 0 radical (unpaired) electrons. The lowest BCUT2D eigenvalue weighted by atomic mass is 9.95. The first-order valence-electron chi connectivity index (χ1n) is 6.60. The van der Waals surface area contributed by atoms with Gasteiger partial charge in [0.25, 0.3) is 0 Å². The fraction of sp³-hybridized carbons (Fsp3) is 0.533. The topological polar surface area (TPSA) is 35.5 Å². The predicted molar refractivity (Wildman–Crippen MR) is 77.8 cm³/mol. The maximum atomic E-state index is 11.6. The molecule has 1 aromatic carbocycles. The van der Waals surface area contributed by atoms with Crippen LogP contribution in [0.5, 0.6) is 5.75 Å². The number of methoxy groups -OCH3 is 1. The Morgan fingerprint density at radius 2 is 2.05 bits per heavy atom. The van der Waals surface area contributed by atoms with Crippen molar-refractivity contribution in [1.29, 1.82) is 0 Å². The molecule has 1 saturated carbocycles. The maximum absolute atomic E-state index is 11.6. The average Bonchev–Trinajstić information content (AvgIpc) is 2.38. The standard InChI is InChI=1S/C15H19BrO3/c1-10(17)14-7-6-11(16)8-15(14)19-13-5-3-4-12(9-13)18-2/h6-8,12-13H,3-5,9H2,1-2H3. The first-order valence-corrected chi connectivity index (χ1v) is 7.39. The van der Waals surface area contributed by atoms with Gasteiger partial charge in [-0.2, -0.15) is 0 Å². The highest BCUT2D eigenvalue weighted by molar-refractivity contribution is 9.10. The molecule has 2 unspecified atom stereocenters. The Bertz CT molecular complexity index is 459. The molecule has 1 aliphatic rings. The molecule has 2 rings (SSSR count). The van der Waals surface area contributed by atoms with Crippen molar-refractivity contribution in [2.24, 2.45) is 0 Å². The van der Waals surface area contributed by atoms with E-state index in [0.717, 1.165) is 30.2 Å². The van der Waals surface area contributed by atoms with Crippen LogP contribution in [0.4, 0.5) is 0 Å². The van der Waals surface area contributed by atoms with E-state index in [1.165, 1.54) is 0 Å². The molecule has 2 atom stereocenters. The second kappa shape index (κ2) is 6.53. The number of hydrogen-bond donors (Lipinski definition) is 0. The van der Waals surface area contributed by atoms with Gasteiger partial charge in [0.15, 0.2) is 5.78 Å². The molecule has 19 heavy (non-hydrogen) atoms. The molecule has 0 aliphatic heterocycles. The summed E-state index contributed by atoms with van der Waals surface area (Å²) in [5.41, 5.74) is 0.641. The van der Waals surface area contributed by atoms with Crippen LogP contribution in [-0.4, -0.2) is 25.1 Å². The fourth-order valence-electron chi connectivity index (χ4n) is 2.49. The van der Waals surface area contributed by atoms with Crippen LogP contribution in [0.25, 0.3) is 0 Å². The van der Waals surface area contributed by atoms with Gasteiger partial charge < -0.3 is 9.47 Å². The third-order valence-corrected chi connectivity index (χ3v) is 4.02. The van der Waals surface area contributed by atoms with E-state index in [1.54, 1.807) is 20.1 Å². The van der Waals surface area contributed by atoms with E-state index in [0.29, 0.717) is 11.3 Å². The monoisotopic (exact) mass is 326 g/mol. The van der Waals surface area contributed by atoms with Crippen molar-refractivity contribution >= 4 is 21.7 Å². The fourth-order valence-corrected chi connectivity index (χ4v) is 2.83. The molecule has 0 bridgehead atoms. The van der Waals surface area contributed by atoms with Crippen LogP contribution >= 0.6 is 15.9 Å². The van der Waals surface area contributed by atoms with Gasteiger partial charge >= 0.3 is 0 Å². The molecule has 104 valence electrons. The number of carbonyl (C=O) groups is 1. The Balaban J connectivity index is 2.13. The quantitative estimate of drug-likeness (QED) is 0.785. The highest BCUT2D eigenvalue weighted by Gasteiger charge is 2.24. The third kappa shape index (κ3) is 3.80. The molecule has 1 aromatic rings. The second-order valence-electron chi connectivity index (χ2n) is 4.96. The summed E-state index contributed by atoms with van der Waals surface area (Å²) in [5, 5.41) is 0. The van der Waals surface area contributed by atoms with E-state index in [9.17, 15) is 4.79 Å². The van der Waals surface area contributed by atoms with Crippen LogP contribution in [0.2, 0.25) is 0 Å². The van der Waals surface area contributed by atoms with Crippen molar-refractivity contribution in [3.63, 3.8) is 0 Å². The minimum atomic E-state index is 0.0293. The molecule has 0 N–H and O–H groups in total. The van der Waals surface area contributed by atoms with Crippen LogP contribution in [-0.2, 0) is 4.74 Å². The van der Waals surface area contributed by atoms with E-state index in [1.807, 2.05) is 12.1 Å². The lowest BCUT2D eigenvalue weighted by Crippen LogP contribution is -2.29. The first kappa shape index (κ1) is 14.5. The lowest BCUT2D eigenvalue weighted by molar-refractivity contribution is 0.0207. The van der Waals surface area contributed by atoms with Gasteiger partial charge in [0.05, 0.1) is 11.7 Å². The minimum Gasteiger partial charge on any atom is -0.490 e. The number of rotatable bonds is 4. The first-order chi connectivity index (χ1) is 9.10. The van der Waals surface area contributed by atoms with Gasteiger partial charge in [0.2, 0.25) is 0 Å². The van der Waals surface area contributed by atoms with Crippen molar-refractivity contribution in [2.45, 2.75) is 44.8 Å². The third-order valence-electron chi connectivity index (χ3n) is 3.53. The number of carbonyl (C=O) groups excluding carboxylic acids is 1. The van der Waals surface area contributed by atoms with Crippen LogP contribution in [0.15, 0.2) is 22.7 Å². The van der Waals surface area contributed by atoms with Gasteiger partial charge in [-0.05, 0) is 44.4 Å². The van der Waals surface area contributed by atoms with Gasteiger partial charge in [0, 0.05) is 18.0 Å². The molecular formula is C15H19BrO3. The smallest absolute Gasteiger partial charge is 0.163 e. The van der Waals surface area contributed by atoms with Gasteiger partial charge in [-0.25, -0.2) is 0 Å². The molecule has 4 heteroatoms. The Labute approximate surface area is 122 Å². The van der Waals surface area contributed by atoms with E-state index in [-0.39, 0.29) is 18.0 Å². The molecule has 1 fully saturated rings. The zero-order valence-corrected chi connectivity index (χ0v) is 12.9. The minimum absolute atomic E-state index is 0.0293. The number of ketones is 1.